The number of ether oxygens (including phenoxy) is 1. The van der Waals surface area contributed by atoms with Gasteiger partial charge in [0.2, 0.25) is 5.13 Å². The zero-order chi connectivity index (χ0) is 22.0. The summed E-state index contributed by atoms with van der Waals surface area (Å²) in [5.74, 6) is 3.53. The highest BCUT2D eigenvalue weighted by atomic mass is 32.2. The largest absolute Gasteiger partial charge is 0.497 e. The van der Waals surface area contributed by atoms with Crippen LogP contribution in [-0.4, -0.2) is 28.8 Å². The van der Waals surface area contributed by atoms with E-state index in [0.29, 0.717) is 45.0 Å². The fourth-order valence-corrected chi connectivity index (χ4v) is 5.45. The van der Waals surface area contributed by atoms with Gasteiger partial charge in [-0.05, 0) is 30.5 Å². The Morgan fingerprint density at radius 2 is 2.13 bits per heavy atom. The second-order valence-corrected chi connectivity index (χ2v) is 9.11. The minimum Gasteiger partial charge on any atom is -0.497 e. The fourth-order valence-electron chi connectivity index (χ4n) is 3.89. The van der Waals surface area contributed by atoms with Crippen LogP contribution in [0.15, 0.2) is 51.3 Å². The lowest BCUT2D eigenvalue weighted by molar-refractivity contribution is -0.116. The second-order valence-electron chi connectivity index (χ2n) is 6.93. The van der Waals surface area contributed by atoms with Crippen molar-refractivity contribution >= 4 is 34.0 Å². The number of carbonyl (C=O) groups is 1. The van der Waals surface area contributed by atoms with Crippen LogP contribution in [-0.2, 0) is 4.79 Å². The Morgan fingerprint density at radius 3 is 2.81 bits per heavy atom. The average Bonchev–Trinajstić information content (AvgIpc) is 3.25. The number of ketones is 1. The van der Waals surface area contributed by atoms with Gasteiger partial charge in [0, 0.05) is 17.7 Å². The molecular formula is C22H19N5O2S2. The molecule has 156 valence electrons. The molecule has 2 N–H and O–H groups in total. The molecule has 1 unspecified atom stereocenters. The molecule has 2 aromatic rings. The second kappa shape index (κ2) is 8.84. The highest BCUT2D eigenvalue weighted by Gasteiger charge is 2.41. The third kappa shape index (κ3) is 3.78. The topological polar surface area (TPSA) is 105 Å². The van der Waals surface area contributed by atoms with E-state index < -0.39 is 5.92 Å². The summed E-state index contributed by atoms with van der Waals surface area (Å²) >= 11 is 2.75. The van der Waals surface area contributed by atoms with Gasteiger partial charge in [-0.25, -0.2) is 0 Å². The van der Waals surface area contributed by atoms with Gasteiger partial charge in [-0.3, -0.25) is 9.69 Å². The number of nitrogens with two attached hydrogens (primary N) is 1. The summed E-state index contributed by atoms with van der Waals surface area (Å²) in [5.41, 5.74) is 9.07. The Balaban J connectivity index is 1.85. The van der Waals surface area contributed by atoms with Crippen molar-refractivity contribution in [3.05, 3.63) is 52.5 Å². The summed E-state index contributed by atoms with van der Waals surface area (Å²) in [6.07, 6.45) is 7.16. The van der Waals surface area contributed by atoms with Gasteiger partial charge in [0.1, 0.15) is 11.6 Å². The van der Waals surface area contributed by atoms with Crippen LogP contribution in [0.5, 0.6) is 5.75 Å². The molecule has 0 fully saturated rings. The van der Waals surface area contributed by atoms with Gasteiger partial charge in [0.05, 0.1) is 30.4 Å². The lowest BCUT2D eigenvalue weighted by Gasteiger charge is -2.38. The molecule has 1 atom stereocenters. The number of anilines is 1. The van der Waals surface area contributed by atoms with E-state index in [0.717, 1.165) is 17.7 Å². The maximum absolute atomic E-state index is 13.1. The predicted octanol–water partition coefficient (Wildman–Crippen LogP) is 3.58. The Kier molecular flexibility index (Phi) is 5.99. The summed E-state index contributed by atoms with van der Waals surface area (Å²) in [7, 11) is 1.59. The number of methoxy groups -OCH3 is 1. The maximum Gasteiger partial charge on any atom is 0.219 e. The summed E-state index contributed by atoms with van der Waals surface area (Å²) in [6, 6.07) is 9.63. The number of hydrogen-bond acceptors (Lipinski definition) is 9. The average molecular weight is 450 g/mol. The van der Waals surface area contributed by atoms with Crippen molar-refractivity contribution in [3.8, 4) is 24.2 Å². The molecule has 2 heterocycles. The van der Waals surface area contributed by atoms with Gasteiger partial charge in [-0.15, -0.1) is 16.6 Å². The molecule has 0 radical (unpaired) electrons. The van der Waals surface area contributed by atoms with E-state index >= 15 is 0 Å². The molecular weight excluding hydrogens is 430 g/mol. The SMILES string of the molecule is C#CCSc1nnc(N2C(N)=C(C#N)C(c3ccc(OC)cc3)C3=C2CCCC3=O)s1. The van der Waals surface area contributed by atoms with Crippen molar-refractivity contribution in [1.29, 1.82) is 5.26 Å². The monoisotopic (exact) mass is 449 g/mol. The molecule has 0 saturated carbocycles. The normalized spacial score (nSPS) is 18.5. The molecule has 0 bridgehead atoms. The van der Waals surface area contributed by atoms with Gasteiger partial charge in [-0.1, -0.05) is 41.2 Å². The van der Waals surface area contributed by atoms with E-state index in [2.05, 4.69) is 22.2 Å². The van der Waals surface area contributed by atoms with Crippen molar-refractivity contribution in [2.75, 3.05) is 17.8 Å². The smallest absolute Gasteiger partial charge is 0.219 e. The zero-order valence-corrected chi connectivity index (χ0v) is 18.4. The third-order valence-electron chi connectivity index (χ3n) is 5.23. The Bertz CT molecular complexity index is 1170. The maximum atomic E-state index is 13.1. The van der Waals surface area contributed by atoms with Gasteiger partial charge in [0.15, 0.2) is 10.1 Å². The number of thioether (sulfide) groups is 1. The molecule has 1 aliphatic heterocycles. The van der Waals surface area contributed by atoms with Crippen molar-refractivity contribution in [1.82, 2.24) is 10.2 Å². The number of Topliss-reactive ketones (excluding diaryl/α,β-unsaturated/α-hetero) is 1. The number of allylic oxidation sites excluding steroid dienone is 3. The van der Waals surface area contributed by atoms with Crippen LogP contribution in [0.4, 0.5) is 5.13 Å². The van der Waals surface area contributed by atoms with E-state index in [-0.39, 0.29) is 11.6 Å². The van der Waals surface area contributed by atoms with Crippen molar-refractivity contribution < 1.29 is 9.53 Å². The number of benzene rings is 1. The highest BCUT2D eigenvalue weighted by Crippen LogP contribution is 2.47. The Hall–Kier alpha value is -3.27. The molecule has 9 heteroatoms. The first-order valence-electron chi connectivity index (χ1n) is 9.58. The minimum atomic E-state index is -0.516. The van der Waals surface area contributed by atoms with Crippen LogP contribution in [0, 0.1) is 23.7 Å². The molecule has 0 amide bonds. The van der Waals surface area contributed by atoms with Crippen LogP contribution >= 0.6 is 23.1 Å². The number of carbonyl (C=O) groups excluding carboxylic acids is 1. The number of hydrogen-bond donors (Lipinski definition) is 1. The van der Waals surface area contributed by atoms with Crippen LogP contribution in [0.3, 0.4) is 0 Å². The fraction of sp³-hybridized carbons (Fsp3) is 0.273. The predicted molar refractivity (Wildman–Crippen MR) is 120 cm³/mol. The molecule has 0 spiro atoms. The van der Waals surface area contributed by atoms with Gasteiger partial charge < -0.3 is 10.5 Å². The van der Waals surface area contributed by atoms with Gasteiger partial charge in [-0.2, -0.15) is 5.26 Å². The number of terminal acetylenes is 1. The van der Waals surface area contributed by atoms with Crippen LogP contribution < -0.4 is 15.4 Å². The minimum absolute atomic E-state index is 0.0266. The molecule has 0 saturated heterocycles. The molecule has 1 aromatic carbocycles. The van der Waals surface area contributed by atoms with Gasteiger partial charge >= 0.3 is 0 Å². The zero-order valence-electron chi connectivity index (χ0n) is 16.8. The number of rotatable bonds is 5. The first kappa shape index (κ1) is 21.0. The standard InChI is InChI=1S/C22H19N5O2S2/c1-3-11-30-22-26-25-21(31-22)27-16-5-4-6-17(28)19(16)18(15(12-23)20(27)24)13-7-9-14(29-2)10-8-13/h1,7-10,18H,4-6,11,24H2,2H3. The summed E-state index contributed by atoms with van der Waals surface area (Å²) in [5, 5.41) is 19.0. The highest BCUT2D eigenvalue weighted by molar-refractivity contribution is 8.01. The number of aromatic nitrogens is 2. The summed E-state index contributed by atoms with van der Waals surface area (Å²) < 4.78 is 5.96. The molecule has 1 aliphatic carbocycles. The van der Waals surface area contributed by atoms with Crippen molar-refractivity contribution in [3.63, 3.8) is 0 Å². The Labute approximate surface area is 188 Å². The summed E-state index contributed by atoms with van der Waals surface area (Å²) in [4.78, 5) is 14.8. The first-order valence-corrected chi connectivity index (χ1v) is 11.4. The number of nitrogens with zero attached hydrogens (tertiary/aromatic N) is 4. The summed E-state index contributed by atoms with van der Waals surface area (Å²) in [6.45, 7) is 0. The molecule has 1 aromatic heterocycles. The number of nitriles is 1. The van der Waals surface area contributed by atoms with Crippen LogP contribution in [0.1, 0.15) is 30.7 Å². The van der Waals surface area contributed by atoms with E-state index in [1.165, 1.54) is 23.1 Å². The lowest BCUT2D eigenvalue weighted by atomic mass is 9.76. The third-order valence-corrected chi connectivity index (χ3v) is 7.17. The van der Waals surface area contributed by atoms with E-state index in [1.54, 1.807) is 12.0 Å². The Morgan fingerprint density at radius 1 is 1.35 bits per heavy atom. The quantitative estimate of drug-likeness (QED) is 0.545. The van der Waals surface area contributed by atoms with E-state index in [4.69, 9.17) is 16.9 Å². The van der Waals surface area contributed by atoms with Crippen molar-refractivity contribution in [2.45, 2.75) is 29.5 Å². The van der Waals surface area contributed by atoms with Gasteiger partial charge in [0.25, 0.3) is 0 Å². The van der Waals surface area contributed by atoms with E-state index in [1.807, 2.05) is 24.3 Å². The molecule has 4 rings (SSSR count). The molecule has 7 nitrogen and oxygen atoms in total. The van der Waals surface area contributed by atoms with Crippen LogP contribution in [0.25, 0.3) is 0 Å². The van der Waals surface area contributed by atoms with Crippen LogP contribution in [0.2, 0.25) is 0 Å². The molecule has 31 heavy (non-hydrogen) atoms. The van der Waals surface area contributed by atoms with E-state index in [9.17, 15) is 10.1 Å². The van der Waals surface area contributed by atoms with Crippen molar-refractivity contribution in [2.24, 2.45) is 5.73 Å². The lowest BCUT2D eigenvalue weighted by Crippen LogP contribution is -2.38. The molecule has 2 aliphatic rings. The first-order chi connectivity index (χ1) is 15.1.